The third kappa shape index (κ3) is 3.48. The molecule has 8 heteroatoms. The second-order valence-corrected chi connectivity index (χ2v) is 6.54. The third-order valence-electron chi connectivity index (χ3n) is 4.98. The average Bonchev–Trinajstić information content (AvgIpc) is 2.73. The van der Waals surface area contributed by atoms with E-state index >= 15 is 0 Å². The lowest BCUT2D eigenvalue weighted by Crippen LogP contribution is -2.46. The first-order chi connectivity index (χ1) is 11.9. The van der Waals surface area contributed by atoms with E-state index in [9.17, 15) is 19.7 Å². The molecule has 2 bridgehead atoms. The largest absolute Gasteiger partial charge is 0.461 e. The lowest BCUT2D eigenvalue weighted by atomic mass is 10.00. The summed E-state index contributed by atoms with van der Waals surface area (Å²) in [5.41, 5.74) is -0.309. The molecule has 4 atom stereocenters. The number of benzene rings is 1. The summed E-state index contributed by atoms with van der Waals surface area (Å²) in [5.74, 6) is -1.01. The fourth-order valence-electron chi connectivity index (χ4n) is 3.83. The van der Waals surface area contributed by atoms with Crippen LogP contribution in [0.5, 0.6) is 0 Å². The van der Waals surface area contributed by atoms with Crippen LogP contribution in [0.3, 0.4) is 0 Å². The number of para-hydroxylation sites is 1. The Morgan fingerprint density at radius 1 is 1.20 bits per heavy atom. The summed E-state index contributed by atoms with van der Waals surface area (Å²) in [5, 5.41) is 11.1. The van der Waals surface area contributed by atoms with Gasteiger partial charge in [-0.1, -0.05) is 12.1 Å². The minimum atomic E-state index is -0.690. The number of esters is 2. The molecule has 1 aromatic rings. The summed E-state index contributed by atoms with van der Waals surface area (Å²) in [6.45, 7) is 1.38. The first-order valence-corrected chi connectivity index (χ1v) is 8.20. The van der Waals surface area contributed by atoms with Gasteiger partial charge < -0.3 is 9.47 Å². The number of carbonyl (C=O) groups is 2. The molecule has 3 rings (SSSR count). The highest BCUT2D eigenvalue weighted by Crippen LogP contribution is 2.38. The molecule has 8 nitrogen and oxygen atoms in total. The standard InChI is InChI=1S/C17H20N2O6/c1-10(20)24-16-8-11-7-12(9-15(16)18(11)2)25-17(21)13-5-3-4-6-14(13)19(22)23/h3-6,11-12,15-16H,7-9H2,1-2H3/t11-,12-,15+,16-/m1/s1. The number of nitrogens with zero attached hydrogens (tertiary/aromatic N) is 2. The lowest BCUT2D eigenvalue weighted by Gasteiger charge is -2.36. The quantitative estimate of drug-likeness (QED) is 0.465. The van der Waals surface area contributed by atoms with Gasteiger partial charge in [0.2, 0.25) is 0 Å². The van der Waals surface area contributed by atoms with Gasteiger partial charge in [-0.25, -0.2) is 4.79 Å². The number of likely N-dealkylation sites (N-methyl/N-ethyl adjacent to an activating group) is 1. The second-order valence-electron chi connectivity index (χ2n) is 6.54. The van der Waals surface area contributed by atoms with Crippen molar-refractivity contribution >= 4 is 17.6 Å². The van der Waals surface area contributed by atoms with Crippen LogP contribution in [0.2, 0.25) is 0 Å². The fourth-order valence-corrected chi connectivity index (χ4v) is 3.83. The Hall–Kier alpha value is -2.48. The summed E-state index contributed by atoms with van der Waals surface area (Å²) < 4.78 is 10.9. The van der Waals surface area contributed by atoms with Gasteiger partial charge in [-0.3, -0.25) is 19.8 Å². The predicted octanol–water partition coefficient (Wildman–Crippen LogP) is 1.92. The Labute approximate surface area is 144 Å². The first kappa shape index (κ1) is 17.3. The molecule has 0 saturated carbocycles. The van der Waals surface area contributed by atoms with Crippen LogP contribution < -0.4 is 0 Å². The number of nitro benzene ring substituents is 1. The molecule has 0 unspecified atom stereocenters. The number of ether oxygens (including phenoxy) is 2. The topological polar surface area (TPSA) is 99.0 Å². The molecule has 2 heterocycles. The van der Waals surface area contributed by atoms with Gasteiger partial charge >= 0.3 is 11.9 Å². The Bertz CT molecular complexity index is 706. The van der Waals surface area contributed by atoms with Crippen molar-refractivity contribution in [3.63, 3.8) is 0 Å². The molecule has 2 saturated heterocycles. The first-order valence-electron chi connectivity index (χ1n) is 8.20. The summed E-state index contributed by atoms with van der Waals surface area (Å²) in [4.78, 5) is 36.3. The summed E-state index contributed by atoms with van der Waals surface area (Å²) in [6.07, 6.45) is 1.32. The SMILES string of the molecule is CC(=O)O[C@@H]1C[C@H]2C[C@@H](OC(=O)c3ccccc3[N+](=O)[O-])C[C@@H]1N2C. The van der Waals surface area contributed by atoms with Crippen molar-refractivity contribution in [2.75, 3.05) is 7.05 Å². The minimum absolute atomic E-state index is 0.00814. The molecule has 2 fully saturated rings. The monoisotopic (exact) mass is 348 g/mol. The van der Waals surface area contributed by atoms with Gasteiger partial charge in [-0.2, -0.15) is 0 Å². The lowest BCUT2D eigenvalue weighted by molar-refractivity contribution is -0.385. The number of piperidine rings is 1. The van der Waals surface area contributed by atoms with E-state index in [1.807, 2.05) is 7.05 Å². The number of hydrogen-bond donors (Lipinski definition) is 0. The normalized spacial score (nSPS) is 28.4. The highest BCUT2D eigenvalue weighted by Gasteiger charge is 2.47. The fraction of sp³-hybridized carbons (Fsp3) is 0.529. The van der Waals surface area contributed by atoms with E-state index < -0.39 is 10.9 Å². The number of carbonyl (C=O) groups excluding carboxylic acids is 2. The van der Waals surface area contributed by atoms with Gasteiger partial charge in [0.1, 0.15) is 17.8 Å². The Morgan fingerprint density at radius 3 is 2.60 bits per heavy atom. The number of nitro groups is 1. The van der Waals surface area contributed by atoms with Gasteiger partial charge in [0, 0.05) is 38.3 Å². The van der Waals surface area contributed by atoms with Crippen molar-refractivity contribution in [3.05, 3.63) is 39.9 Å². The second kappa shape index (κ2) is 6.79. The Morgan fingerprint density at radius 2 is 1.92 bits per heavy atom. The molecule has 0 aromatic heterocycles. The molecule has 0 radical (unpaired) electrons. The zero-order valence-corrected chi connectivity index (χ0v) is 14.1. The average molecular weight is 348 g/mol. The van der Waals surface area contributed by atoms with Gasteiger partial charge in [0.05, 0.1) is 11.0 Å². The zero-order valence-electron chi connectivity index (χ0n) is 14.1. The van der Waals surface area contributed by atoms with Crippen LogP contribution in [-0.4, -0.2) is 53.1 Å². The van der Waals surface area contributed by atoms with E-state index in [1.165, 1.54) is 25.1 Å². The van der Waals surface area contributed by atoms with Crippen molar-refractivity contribution in [2.24, 2.45) is 0 Å². The van der Waals surface area contributed by atoms with E-state index in [0.717, 1.165) is 0 Å². The van der Waals surface area contributed by atoms with Crippen molar-refractivity contribution in [1.82, 2.24) is 4.90 Å². The minimum Gasteiger partial charge on any atom is -0.461 e. The molecule has 0 N–H and O–H groups in total. The molecule has 0 spiro atoms. The van der Waals surface area contributed by atoms with E-state index in [1.54, 1.807) is 6.07 Å². The highest BCUT2D eigenvalue weighted by molar-refractivity contribution is 5.93. The number of rotatable bonds is 4. The Kier molecular flexibility index (Phi) is 4.71. The van der Waals surface area contributed by atoms with Crippen molar-refractivity contribution in [1.29, 1.82) is 0 Å². The molecule has 0 aliphatic carbocycles. The number of hydrogen-bond acceptors (Lipinski definition) is 7. The third-order valence-corrected chi connectivity index (χ3v) is 4.98. The van der Waals surface area contributed by atoms with Gasteiger partial charge in [-0.05, 0) is 13.1 Å². The van der Waals surface area contributed by atoms with Crippen molar-refractivity contribution in [2.45, 2.75) is 50.5 Å². The molecular weight excluding hydrogens is 328 g/mol. The van der Waals surface area contributed by atoms with Crippen LogP contribution in [0.25, 0.3) is 0 Å². The molecule has 1 aromatic carbocycles. The predicted molar refractivity (Wildman–Crippen MR) is 87.0 cm³/mol. The maximum absolute atomic E-state index is 12.4. The van der Waals surface area contributed by atoms with Crippen LogP contribution in [-0.2, 0) is 14.3 Å². The molecule has 0 amide bonds. The van der Waals surface area contributed by atoms with Gasteiger partial charge in [0.15, 0.2) is 0 Å². The van der Waals surface area contributed by atoms with Crippen LogP contribution in [0.1, 0.15) is 36.5 Å². The van der Waals surface area contributed by atoms with E-state index in [0.29, 0.717) is 19.3 Å². The van der Waals surface area contributed by atoms with Crippen LogP contribution in [0.4, 0.5) is 5.69 Å². The van der Waals surface area contributed by atoms with Gasteiger partial charge in [-0.15, -0.1) is 0 Å². The zero-order chi connectivity index (χ0) is 18.1. The highest BCUT2D eigenvalue weighted by atomic mass is 16.6. The molecular formula is C17H20N2O6. The smallest absolute Gasteiger partial charge is 0.345 e. The molecule has 25 heavy (non-hydrogen) atoms. The maximum Gasteiger partial charge on any atom is 0.345 e. The van der Waals surface area contributed by atoms with Crippen LogP contribution >= 0.6 is 0 Å². The Balaban J connectivity index is 1.70. The van der Waals surface area contributed by atoms with Crippen LogP contribution in [0, 0.1) is 10.1 Å². The molecule has 2 aliphatic heterocycles. The molecule has 2 aliphatic rings. The maximum atomic E-state index is 12.4. The van der Waals surface area contributed by atoms with E-state index in [4.69, 9.17) is 9.47 Å². The van der Waals surface area contributed by atoms with Gasteiger partial charge in [0.25, 0.3) is 5.69 Å². The number of fused-ring (bicyclic) bond motifs is 2. The summed E-state index contributed by atoms with van der Waals surface area (Å²) in [6, 6.07) is 5.91. The summed E-state index contributed by atoms with van der Waals surface area (Å²) in [7, 11) is 1.97. The van der Waals surface area contributed by atoms with Crippen molar-refractivity contribution in [3.8, 4) is 0 Å². The van der Waals surface area contributed by atoms with E-state index in [-0.39, 0.29) is 41.5 Å². The summed E-state index contributed by atoms with van der Waals surface area (Å²) >= 11 is 0. The van der Waals surface area contributed by atoms with Crippen LogP contribution in [0.15, 0.2) is 24.3 Å². The van der Waals surface area contributed by atoms with Crippen molar-refractivity contribution < 1.29 is 24.0 Å². The van der Waals surface area contributed by atoms with E-state index in [2.05, 4.69) is 4.90 Å². The molecule has 134 valence electrons.